The van der Waals surface area contributed by atoms with E-state index in [1.54, 1.807) is 0 Å². The second-order valence-electron chi connectivity index (χ2n) is 5.38. The highest BCUT2D eigenvalue weighted by Crippen LogP contribution is 2.17. The van der Waals surface area contributed by atoms with Gasteiger partial charge in [-0.2, -0.15) is 0 Å². The van der Waals surface area contributed by atoms with E-state index in [-0.39, 0.29) is 0 Å². The van der Waals surface area contributed by atoms with Crippen LogP contribution in [0.3, 0.4) is 0 Å². The van der Waals surface area contributed by atoms with Gasteiger partial charge in [0.1, 0.15) is 5.82 Å². The van der Waals surface area contributed by atoms with Crippen LogP contribution in [0.1, 0.15) is 32.6 Å². The SMILES string of the molecule is C=CCCC(C)NC1CCN(c2ccccn2)CC1. The number of rotatable bonds is 6. The minimum atomic E-state index is 0.587. The summed E-state index contributed by atoms with van der Waals surface area (Å²) in [6.07, 6.45) is 8.56. The Hall–Kier alpha value is -1.35. The molecule has 19 heavy (non-hydrogen) atoms. The van der Waals surface area contributed by atoms with Crippen LogP contribution in [0.15, 0.2) is 37.1 Å². The highest BCUT2D eigenvalue weighted by molar-refractivity contribution is 5.38. The van der Waals surface area contributed by atoms with Crippen LogP contribution in [0, 0.1) is 0 Å². The van der Waals surface area contributed by atoms with Gasteiger partial charge in [0.15, 0.2) is 0 Å². The highest BCUT2D eigenvalue weighted by atomic mass is 15.2. The number of pyridine rings is 1. The number of aromatic nitrogens is 1. The largest absolute Gasteiger partial charge is 0.357 e. The van der Waals surface area contributed by atoms with Crippen molar-refractivity contribution in [2.75, 3.05) is 18.0 Å². The van der Waals surface area contributed by atoms with Crippen LogP contribution >= 0.6 is 0 Å². The number of nitrogens with zero attached hydrogens (tertiary/aromatic N) is 2. The molecule has 1 N–H and O–H groups in total. The fourth-order valence-corrected chi connectivity index (χ4v) is 2.67. The minimum absolute atomic E-state index is 0.587. The van der Waals surface area contributed by atoms with Crippen molar-refractivity contribution in [1.82, 2.24) is 10.3 Å². The van der Waals surface area contributed by atoms with Crippen molar-refractivity contribution >= 4 is 5.82 Å². The van der Waals surface area contributed by atoms with Crippen LogP contribution in [0.2, 0.25) is 0 Å². The Morgan fingerprint density at radius 2 is 2.26 bits per heavy atom. The quantitative estimate of drug-likeness (QED) is 0.796. The summed E-state index contributed by atoms with van der Waals surface area (Å²) in [6.45, 7) is 8.25. The summed E-state index contributed by atoms with van der Waals surface area (Å²) < 4.78 is 0. The predicted molar refractivity (Wildman–Crippen MR) is 81.5 cm³/mol. The van der Waals surface area contributed by atoms with E-state index in [0.29, 0.717) is 12.1 Å². The smallest absolute Gasteiger partial charge is 0.128 e. The van der Waals surface area contributed by atoms with Crippen LogP contribution in [-0.4, -0.2) is 30.2 Å². The van der Waals surface area contributed by atoms with E-state index in [4.69, 9.17) is 0 Å². The number of piperidine rings is 1. The Morgan fingerprint density at radius 1 is 1.47 bits per heavy atom. The van der Waals surface area contributed by atoms with Crippen LogP contribution in [0.4, 0.5) is 5.82 Å². The highest BCUT2D eigenvalue weighted by Gasteiger charge is 2.20. The van der Waals surface area contributed by atoms with E-state index in [1.807, 2.05) is 18.3 Å². The van der Waals surface area contributed by atoms with Crippen molar-refractivity contribution in [3.8, 4) is 0 Å². The second-order valence-corrected chi connectivity index (χ2v) is 5.38. The summed E-state index contributed by atoms with van der Waals surface area (Å²) in [4.78, 5) is 6.80. The van der Waals surface area contributed by atoms with Crippen LogP contribution in [0.5, 0.6) is 0 Å². The standard InChI is InChI=1S/C16H25N3/c1-3-4-7-14(2)18-15-9-12-19(13-10-15)16-8-5-6-11-17-16/h3,5-6,8,11,14-15,18H,1,4,7,9-10,12-13H2,2H3. The minimum Gasteiger partial charge on any atom is -0.357 e. The van der Waals surface area contributed by atoms with Crippen molar-refractivity contribution in [1.29, 1.82) is 0 Å². The topological polar surface area (TPSA) is 28.2 Å². The van der Waals surface area contributed by atoms with Gasteiger partial charge < -0.3 is 10.2 Å². The number of nitrogens with one attached hydrogen (secondary N) is 1. The normalized spacial score (nSPS) is 18.3. The molecule has 3 heteroatoms. The Labute approximate surface area is 116 Å². The first kappa shape index (κ1) is 14.1. The lowest BCUT2D eigenvalue weighted by Gasteiger charge is -2.34. The molecule has 0 bridgehead atoms. The molecule has 1 aliphatic heterocycles. The molecule has 1 aromatic rings. The molecule has 1 aromatic heterocycles. The Bertz CT molecular complexity index is 369. The number of hydrogen-bond acceptors (Lipinski definition) is 3. The molecule has 2 heterocycles. The summed E-state index contributed by atoms with van der Waals surface area (Å²) in [6, 6.07) is 7.37. The monoisotopic (exact) mass is 259 g/mol. The van der Waals surface area contributed by atoms with Gasteiger partial charge in [0.2, 0.25) is 0 Å². The summed E-state index contributed by atoms with van der Waals surface area (Å²) in [5, 5.41) is 3.73. The van der Waals surface area contributed by atoms with E-state index in [0.717, 1.165) is 25.3 Å². The third-order valence-corrected chi connectivity index (χ3v) is 3.79. The Morgan fingerprint density at radius 3 is 2.89 bits per heavy atom. The van der Waals surface area contributed by atoms with Crippen molar-refractivity contribution < 1.29 is 0 Å². The molecule has 2 rings (SSSR count). The fraction of sp³-hybridized carbons (Fsp3) is 0.562. The van der Waals surface area contributed by atoms with Gasteiger partial charge >= 0.3 is 0 Å². The zero-order valence-corrected chi connectivity index (χ0v) is 11.9. The lowest BCUT2D eigenvalue weighted by atomic mass is 10.0. The van der Waals surface area contributed by atoms with Crippen molar-refractivity contribution in [3.05, 3.63) is 37.1 Å². The third-order valence-electron chi connectivity index (χ3n) is 3.79. The van der Waals surface area contributed by atoms with Crippen molar-refractivity contribution in [2.24, 2.45) is 0 Å². The molecule has 104 valence electrons. The molecule has 1 unspecified atom stereocenters. The molecule has 0 aliphatic carbocycles. The Kier molecular flexibility index (Phi) is 5.40. The maximum Gasteiger partial charge on any atom is 0.128 e. The molecule has 0 aromatic carbocycles. The molecular weight excluding hydrogens is 234 g/mol. The zero-order valence-electron chi connectivity index (χ0n) is 11.9. The first-order valence-electron chi connectivity index (χ1n) is 7.32. The van der Waals surface area contributed by atoms with Crippen LogP contribution in [0.25, 0.3) is 0 Å². The molecule has 0 radical (unpaired) electrons. The molecule has 1 fully saturated rings. The summed E-state index contributed by atoms with van der Waals surface area (Å²) in [5.41, 5.74) is 0. The van der Waals surface area contributed by atoms with Crippen LogP contribution in [-0.2, 0) is 0 Å². The molecule has 1 atom stereocenters. The average Bonchev–Trinajstić information content (AvgIpc) is 2.47. The van der Waals surface area contributed by atoms with Gasteiger partial charge in [-0.05, 0) is 44.7 Å². The first-order chi connectivity index (χ1) is 9.29. The zero-order chi connectivity index (χ0) is 13.5. The van der Waals surface area contributed by atoms with Gasteiger partial charge in [0.25, 0.3) is 0 Å². The van der Waals surface area contributed by atoms with E-state index < -0.39 is 0 Å². The summed E-state index contributed by atoms with van der Waals surface area (Å²) in [7, 11) is 0. The van der Waals surface area contributed by atoms with E-state index in [2.05, 4.69) is 40.8 Å². The lowest BCUT2D eigenvalue weighted by Crippen LogP contribution is -2.45. The average molecular weight is 259 g/mol. The third kappa shape index (κ3) is 4.35. The van der Waals surface area contributed by atoms with Gasteiger partial charge in [-0.15, -0.1) is 6.58 Å². The molecule has 0 saturated carbocycles. The van der Waals surface area contributed by atoms with Crippen LogP contribution < -0.4 is 10.2 Å². The lowest BCUT2D eigenvalue weighted by molar-refractivity contribution is 0.367. The van der Waals surface area contributed by atoms with Crippen molar-refractivity contribution in [2.45, 2.75) is 44.7 Å². The van der Waals surface area contributed by atoms with Gasteiger partial charge in [0, 0.05) is 31.4 Å². The van der Waals surface area contributed by atoms with E-state index in [9.17, 15) is 0 Å². The molecular formula is C16H25N3. The second kappa shape index (κ2) is 7.29. The van der Waals surface area contributed by atoms with Gasteiger partial charge in [-0.3, -0.25) is 0 Å². The summed E-state index contributed by atoms with van der Waals surface area (Å²) >= 11 is 0. The maximum atomic E-state index is 4.42. The van der Waals surface area contributed by atoms with Gasteiger partial charge in [-0.1, -0.05) is 12.1 Å². The summed E-state index contributed by atoms with van der Waals surface area (Å²) in [5.74, 6) is 1.11. The number of anilines is 1. The number of hydrogen-bond donors (Lipinski definition) is 1. The molecule has 1 saturated heterocycles. The maximum absolute atomic E-state index is 4.42. The molecule has 1 aliphatic rings. The van der Waals surface area contributed by atoms with Gasteiger partial charge in [-0.25, -0.2) is 4.98 Å². The molecule has 0 amide bonds. The number of allylic oxidation sites excluding steroid dienone is 1. The van der Waals surface area contributed by atoms with Gasteiger partial charge in [0.05, 0.1) is 0 Å². The van der Waals surface area contributed by atoms with Crippen molar-refractivity contribution in [3.63, 3.8) is 0 Å². The first-order valence-corrected chi connectivity index (χ1v) is 7.32. The molecule has 0 spiro atoms. The fourth-order valence-electron chi connectivity index (χ4n) is 2.67. The molecule has 3 nitrogen and oxygen atoms in total. The Balaban J connectivity index is 1.75. The predicted octanol–water partition coefficient (Wildman–Crippen LogP) is 2.99. The van der Waals surface area contributed by atoms with E-state index >= 15 is 0 Å². The van der Waals surface area contributed by atoms with E-state index in [1.165, 1.54) is 19.3 Å².